The molecule has 0 saturated carbocycles. The summed E-state index contributed by atoms with van der Waals surface area (Å²) in [6.45, 7) is 4.90. The number of piperazine rings is 1. The molecule has 2 N–H and O–H groups in total. The monoisotopic (exact) mass is 236 g/mol. The van der Waals surface area contributed by atoms with Crippen LogP contribution in [0.15, 0.2) is 12.3 Å². The van der Waals surface area contributed by atoms with Crippen molar-refractivity contribution in [2.24, 2.45) is 5.92 Å². The fourth-order valence-corrected chi connectivity index (χ4v) is 2.10. The van der Waals surface area contributed by atoms with E-state index in [0.717, 1.165) is 0 Å². The van der Waals surface area contributed by atoms with Gasteiger partial charge in [0.25, 0.3) is 5.91 Å². The standard InChI is InChI=1S/C11H16N4O2/c1-7(2)9-10(16)12-5-6-15(9)11(17)8-3-4-13-14-8/h3-4,7,9H,5-6H2,1-2H3,(H,12,16)(H,13,14)/t9-/m0/s1. The summed E-state index contributed by atoms with van der Waals surface area (Å²) in [5.41, 5.74) is 0.422. The minimum Gasteiger partial charge on any atom is -0.353 e. The van der Waals surface area contributed by atoms with Gasteiger partial charge in [-0.05, 0) is 12.0 Å². The Morgan fingerprint density at radius 3 is 2.94 bits per heavy atom. The third kappa shape index (κ3) is 2.15. The van der Waals surface area contributed by atoms with Crippen molar-refractivity contribution in [3.63, 3.8) is 0 Å². The second-order valence-electron chi connectivity index (χ2n) is 4.45. The van der Waals surface area contributed by atoms with E-state index in [1.54, 1.807) is 11.0 Å². The molecule has 0 radical (unpaired) electrons. The highest BCUT2D eigenvalue weighted by atomic mass is 16.2. The number of aromatic nitrogens is 2. The zero-order valence-corrected chi connectivity index (χ0v) is 9.93. The number of amides is 2. The van der Waals surface area contributed by atoms with Crippen LogP contribution >= 0.6 is 0 Å². The lowest BCUT2D eigenvalue weighted by Crippen LogP contribution is -2.59. The third-order valence-electron chi connectivity index (χ3n) is 2.88. The molecular formula is C11H16N4O2. The first kappa shape index (κ1) is 11.6. The number of rotatable bonds is 2. The number of nitrogens with zero attached hydrogens (tertiary/aromatic N) is 2. The topological polar surface area (TPSA) is 78.1 Å². The van der Waals surface area contributed by atoms with Crippen LogP contribution in [0.1, 0.15) is 24.3 Å². The Morgan fingerprint density at radius 1 is 1.59 bits per heavy atom. The van der Waals surface area contributed by atoms with Crippen molar-refractivity contribution in [3.05, 3.63) is 18.0 Å². The van der Waals surface area contributed by atoms with Gasteiger partial charge in [0.05, 0.1) is 0 Å². The molecule has 0 aliphatic carbocycles. The van der Waals surface area contributed by atoms with E-state index in [-0.39, 0.29) is 17.7 Å². The third-order valence-corrected chi connectivity index (χ3v) is 2.88. The highest BCUT2D eigenvalue weighted by molar-refractivity contribution is 5.96. The molecule has 1 fully saturated rings. The van der Waals surface area contributed by atoms with Gasteiger partial charge in [-0.1, -0.05) is 13.8 Å². The van der Waals surface area contributed by atoms with Gasteiger partial charge in [0.1, 0.15) is 11.7 Å². The zero-order valence-electron chi connectivity index (χ0n) is 9.93. The van der Waals surface area contributed by atoms with E-state index in [1.165, 1.54) is 6.20 Å². The van der Waals surface area contributed by atoms with Gasteiger partial charge in [-0.25, -0.2) is 0 Å². The average Bonchev–Trinajstić information content (AvgIpc) is 2.80. The van der Waals surface area contributed by atoms with Crippen molar-refractivity contribution in [3.8, 4) is 0 Å². The van der Waals surface area contributed by atoms with Gasteiger partial charge < -0.3 is 10.2 Å². The summed E-state index contributed by atoms with van der Waals surface area (Å²) in [6.07, 6.45) is 1.53. The van der Waals surface area contributed by atoms with Crippen LogP contribution in [0.25, 0.3) is 0 Å². The summed E-state index contributed by atoms with van der Waals surface area (Å²) >= 11 is 0. The SMILES string of the molecule is CC(C)[C@H]1C(=O)NCCN1C(=O)c1ccn[nH]1. The lowest BCUT2D eigenvalue weighted by Gasteiger charge is -2.36. The minimum atomic E-state index is -0.403. The largest absolute Gasteiger partial charge is 0.353 e. The van der Waals surface area contributed by atoms with Crippen molar-refractivity contribution in [2.75, 3.05) is 13.1 Å². The van der Waals surface area contributed by atoms with Crippen LogP contribution in [-0.2, 0) is 4.79 Å². The van der Waals surface area contributed by atoms with Crippen LogP contribution < -0.4 is 5.32 Å². The van der Waals surface area contributed by atoms with Gasteiger partial charge in [-0.2, -0.15) is 5.10 Å². The van der Waals surface area contributed by atoms with Gasteiger partial charge in [-0.3, -0.25) is 14.7 Å². The number of H-pyrrole nitrogens is 1. The summed E-state index contributed by atoms with van der Waals surface area (Å²) in [7, 11) is 0. The number of carbonyl (C=O) groups excluding carboxylic acids is 2. The molecule has 1 aliphatic rings. The maximum atomic E-state index is 12.2. The number of nitrogens with one attached hydrogen (secondary N) is 2. The predicted octanol–water partition coefficient (Wildman–Crippen LogP) is 0.00630. The van der Waals surface area contributed by atoms with E-state index in [2.05, 4.69) is 15.5 Å². The molecule has 1 aromatic heterocycles. The van der Waals surface area contributed by atoms with E-state index in [9.17, 15) is 9.59 Å². The van der Waals surface area contributed by atoms with Crippen molar-refractivity contribution >= 4 is 11.8 Å². The number of carbonyl (C=O) groups is 2. The first-order valence-corrected chi connectivity index (χ1v) is 5.69. The van der Waals surface area contributed by atoms with Crippen LogP contribution in [0.2, 0.25) is 0 Å². The van der Waals surface area contributed by atoms with Gasteiger partial charge in [0, 0.05) is 19.3 Å². The molecule has 1 aliphatic heterocycles. The fraction of sp³-hybridized carbons (Fsp3) is 0.545. The predicted molar refractivity (Wildman–Crippen MR) is 61.3 cm³/mol. The Bertz CT molecular complexity index is 413. The van der Waals surface area contributed by atoms with Crippen molar-refractivity contribution in [1.29, 1.82) is 0 Å². The van der Waals surface area contributed by atoms with Crippen LogP contribution in [0.5, 0.6) is 0 Å². The maximum absolute atomic E-state index is 12.2. The Hall–Kier alpha value is -1.85. The van der Waals surface area contributed by atoms with Crippen LogP contribution in [0.3, 0.4) is 0 Å². The Labute approximate surface area is 99.4 Å². The number of hydrogen-bond acceptors (Lipinski definition) is 3. The highest BCUT2D eigenvalue weighted by Gasteiger charge is 2.35. The molecule has 1 saturated heterocycles. The molecule has 6 nitrogen and oxygen atoms in total. The normalized spacial score (nSPS) is 20.5. The lowest BCUT2D eigenvalue weighted by atomic mass is 9.99. The summed E-state index contributed by atoms with van der Waals surface area (Å²) in [5.74, 6) is -0.169. The smallest absolute Gasteiger partial charge is 0.272 e. The molecule has 6 heteroatoms. The lowest BCUT2D eigenvalue weighted by molar-refractivity contribution is -0.129. The molecule has 92 valence electrons. The van der Waals surface area contributed by atoms with Crippen LogP contribution in [0.4, 0.5) is 0 Å². The molecule has 2 heterocycles. The van der Waals surface area contributed by atoms with E-state index < -0.39 is 6.04 Å². The summed E-state index contributed by atoms with van der Waals surface area (Å²) in [5, 5.41) is 9.17. The van der Waals surface area contributed by atoms with Crippen LogP contribution in [0, 0.1) is 5.92 Å². The molecule has 0 aromatic carbocycles. The highest BCUT2D eigenvalue weighted by Crippen LogP contribution is 2.16. The quantitative estimate of drug-likeness (QED) is 0.759. The summed E-state index contributed by atoms with van der Waals surface area (Å²) in [6, 6.07) is 1.21. The molecule has 1 atom stereocenters. The second kappa shape index (κ2) is 4.57. The van der Waals surface area contributed by atoms with Gasteiger partial charge >= 0.3 is 0 Å². The molecule has 0 unspecified atom stereocenters. The molecule has 17 heavy (non-hydrogen) atoms. The Morgan fingerprint density at radius 2 is 2.35 bits per heavy atom. The van der Waals surface area contributed by atoms with Gasteiger partial charge in [-0.15, -0.1) is 0 Å². The van der Waals surface area contributed by atoms with Crippen molar-refractivity contribution < 1.29 is 9.59 Å². The van der Waals surface area contributed by atoms with E-state index in [0.29, 0.717) is 18.8 Å². The Balaban J connectivity index is 2.23. The molecule has 1 aromatic rings. The van der Waals surface area contributed by atoms with E-state index in [1.807, 2.05) is 13.8 Å². The fourth-order valence-electron chi connectivity index (χ4n) is 2.10. The molecule has 2 rings (SSSR count). The number of aromatic amines is 1. The first-order chi connectivity index (χ1) is 8.11. The Kier molecular flexibility index (Phi) is 3.12. The van der Waals surface area contributed by atoms with Crippen molar-refractivity contribution in [2.45, 2.75) is 19.9 Å². The molecule has 0 bridgehead atoms. The van der Waals surface area contributed by atoms with E-state index in [4.69, 9.17) is 0 Å². The van der Waals surface area contributed by atoms with Crippen LogP contribution in [-0.4, -0.2) is 46.0 Å². The second-order valence-corrected chi connectivity index (χ2v) is 4.45. The summed E-state index contributed by atoms with van der Waals surface area (Å²) in [4.78, 5) is 25.6. The molecule has 2 amide bonds. The summed E-state index contributed by atoms with van der Waals surface area (Å²) < 4.78 is 0. The average molecular weight is 236 g/mol. The first-order valence-electron chi connectivity index (χ1n) is 5.69. The van der Waals surface area contributed by atoms with Gasteiger partial charge in [0.2, 0.25) is 5.91 Å². The molecule has 0 spiro atoms. The minimum absolute atomic E-state index is 0.0842. The van der Waals surface area contributed by atoms with E-state index >= 15 is 0 Å². The maximum Gasteiger partial charge on any atom is 0.272 e. The van der Waals surface area contributed by atoms with Crippen molar-refractivity contribution in [1.82, 2.24) is 20.4 Å². The zero-order chi connectivity index (χ0) is 12.4. The molecular weight excluding hydrogens is 220 g/mol. The number of hydrogen-bond donors (Lipinski definition) is 2. The van der Waals surface area contributed by atoms with Gasteiger partial charge in [0.15, 0.2) is 0 Å².